The van der Waals surface area contributed by atoms with Crippen LogP contribution in [0.4, 0.5) is 22.5 Å². The highest BCUT2D eigenvalue weighted by atomic mass is 32.1. The number of nitrogens with zero attached hydrogens (tertiary/aromatic N) is 4. The molecule has 20 heavy (non-hydrogen) atoms. The van der Waals surface area contributed by atoms with Gasteiger partial charge < -0.3 is 16.0 Å². The first-order valence-electron chi connectivity index (χ1n) is 6.79. The summed E-state index contributed by atoms with van der Waals surface area (Å²) in [5.74, 6) is 1.45. The van der Waals surface area contributed by atoms with Crippen LogP contribution in [0.1, 0.15) is 26.2 Å². The summed E-state index contributed by atoms with van der Waals surface area (Å²) in [6.45, 7) is 3.22. The number of hydrogen-bond donors (Lipinski definition) is 2. The molecule has 0 aromatic carbocycles. The predicted octanol–water partition coefficient (Wildman–Crippen LogP) is 2.64. The van der Waals surface area contributed by atoms with E-state index in [2.05, 4.69) is 32.1 Å². The Balaban J connectivity index is 1.88. The molecule has 0 saturated carbocycles. The normalized spacial score (nSPS) is 19.1. The summed E-state index contributed by atoms with van der Waals surface area (Å²) in [5.41, 5.74) is 6.83. The zero-order valence-electron chi connectivity index (χ0n) is 11.4. The van der Waals surface area contributed by atoms with Gasteiger partial charge in [0.1, 0.15) is 12.0 Å². The summed E-state index contributed by atoms with van der Waals surface area (Å²) >= 11 is 1.52. The van der Waals surface area contributed by atoms with E-state index in [-0.39, 0.29) is 0 Å². The molecule has 1 fully saturated rings. The molecule has 7 heteroatoms. The van der Waals surface area contributed by atoms with Gasteiger partial charge >= 0.3 is 0 Å². The molecule has 3 N–H and O–H groups in total. The Morgan fingerprint density at radius 3 is 3.00 bits per heavy atom. The molecule has 1 aliphatic heterocycles. The quantitative estimate of drug-likeness (QED) is 0.904. The lowest BCUT2D eigenvalue weighted by atomic mass is 10.0. The number of piperidine rings is 1. The Kier molecular flexibility index (Phi) is 3.68. The molecule has 0 bridgehead atoms. The lowest BCUT2D eigenvalue weighted by Gasteiger charge is -2.35. The summed E-state index contributed by atoms with van der Waals surface area (Å²) in [5, 5.41) is 5.85. The molecule has 3 rings (SSSR count). The van der Waals surface area contributed by atoms with Crippen molar-refractivity contribution in [2.75, 3.05) is 22.5 Å². The Labute approximate surface area is 122 Å². The molecule has 1 atom stereocenters. The molecule has 0 spiro atoms. The molecule has 0 amide bonds. The van der Waals surface area contributed by atoms with Crippen molar-refractivity contribution in [3.63, 3.8) is 0 Å². The van der Waals surface area contributed by atoms with E-state index in [4.69, 9.17) is 5.73 Å². The van der Waals surface area contributed by atoms with Crippen LogP contribution in [0.5, 0.6) is 0 Å². The third-order valence-corrected chi connectivity index (χ3v) is 4.28. The van der Waals surface area contributed by atoms with Crippen molar-refractivity contribution in [1.29, 1.82) is 0 Å². The number of hydrogen-bond acceptors (Lipinski definition) is 7. The van der Waals surface area contributed by atoms with Crippen molar-refractivity contribution in [2.24, 2.45) is 0 Å². The van der Waals surface area contributed by atoms with Crippen molar-refractivity contribution >= 4 is 33.8 Å². The van der Waals surface area contributed by atoms with Gasteiger partial charge in [0.2, 0.25) is 0 Å². The number of thiazole rings is 1. The molecule has 1 saturated heterocycles. The van der Waals surface area contributed by atoms with Crippen molar-refractivity contribution in [3.05, 3.63) is 17.9 Å². The van der Waals surface area contributed by atoms with Crippen LogP contribution < -0.4 is 16.0 Å². The minimum absolute atomic E-state index is 0.466. The highest BCUT2D eigenvalue weighted by Crippen LogP contribution is 2.32. The molecule has 6 nitrogen and oxygen atoms in total. The van der Waals surface area contributed by atoms with Gasteiger partial charge in [-0.05, 0) is 26.2 Å². The molecule has 2 aromatic heterocycles. The van der Waals surface area contributed by atoms with Crippen LogP contribution >= 0.6 is 11.3 Å². The zero-order chi connectivity index (χ0) is 13.9. The van der Waals surface area contributed by atoms with Crippen molar-refractivity contribution in [2.45, 2.75) is 32.2 Å². The standard InChI is InChI=1S/C13H18N6S/c1-9-4-2-3-6-19(9)12-10(14)11(16-8-17-12)18-13-15-5-7-20-13/h5,7-9H,2-4,6,14H2,1H3,(H,15,16,17,18). The fourth-order valence-electron chi connectivity index (χ4n) is 2.51. The fourth-order valence-corrected chi connectivity index (χ4v) is 3.04. The first kappa shape index (κ1) is 13.1. The lowest BCUT2D eigenvalue weighted by molar-refractivity contribution is 0.481. The summed E-state index contributed by atoms with van der Waals surface area (Å²) in [6.07, 6.45) is 6.94. The van der Waals surface area contributed by atoms with Gasteiger partial charge in [0.15, 0.2) is 16.8 Å². The van der Waals surface area contributed by atoms with Gasteiger partial charge in [0.25, 0.3) is 0 Å². The first-order chi connectivity index (χ1) is 9.75. The van der Waals surface area contributed by atoms with Crippen LogP contribution in [0.15, 0.2) is 17.9 Å². The number of nitrogens with two attached hydrogens (primary N) is 1. The van der Waals surface area contributed by atoms with Crippen LogP contribution in [-0.2, 0) is 0 Å². The van der Waals surface area contributed by atoms with Crippen LogP contribution in [0, 0.1) is 0 Å². The molecule has 0 aliphatic carbocycles. The Morgan fingerprint density at radius 2 is 2.25 bits per heavy atom. The first-order valence-corrected chi connectivity index (χ1v) is 7.67. The molecule has 1 aliphatic rings. The van der Waals surface area contributed by atoms with Gasteiger partial charge in [-0.1, -0.05) is 0 Å². The summed E-state index contributed by atoms with van der Waals surface area (Å²) in [7, 11) is 0. The topological polar surface area (TPSA) is 80.0 Å². The predicted molar refractivity (Wildman–Crippen MR) is 82.5 cm³/mol. The number of rotatable bonds is 3. The van der Waals surface area contributed by atoms with Gasteiger partial charge in [-0.15, -0.1) is 11.3 Å². The highest BCUT2D eigenvalue weighted by Gasteiger charge is 2.23. The largest absolute Gasteiger partial charge is 0.393 e. The average Bonchev–Trinajstić information content (AvgIpc) is 2.95. The Hall–Kier alpha value is -1.89. The average molecular weight is 290 g/mol. The number of anilines is 4. The molecule has 106 valence electrons. The second kappa shape index (κ2) is 5.62. The second-order valence-electron chi connectivity index (χ2n) is 4.96. The van der Waals surface area contributed by atoms with Crippen LogP contribution in [0.25, 0.3) is 0 Å². The monoisotopic (exact) mass is 290 g/mol. The SMILES string of the molecule is CC1CCCCN1c1ncnc(Nc2nccs2)c1N. The molecule has 2 aromatic rings. The van der Waals surface area contributed by atoms with E-state index < -0.39 is 0 Å². The maximum atomic E-state index is 6.24. The van der Waals surface area contributed by atoms with Crippen LogP contribution in [-0.4, -0.2) is 27.5 Å². The van der Waals surface area contributed by atoms with Crippen molar-refractivity contribution < 1.29 is 0 Å². The van der Waals surface area contributed by atoms with Crippen molar-refractivity contribution in [3.8, 4) is 0 Å². The van der Waals surface area contributed by atoms with Crippen LogP contribution in [0.2, 0.25) is 0 Å². The van der Waals surface area contributed by atoms with E-state index in [1.165, 1.54) is 30.6 Å². The Morgan fingerprint density at radius 1 is 1.35 bits per heavy atom. The number of aromatic nitrogens is 3. The third kappa shape index (κ3) is 2.53. The number of nitrogen functional groups attached to an aromatic ring is 1. The Bertz CT molecular complexity index is 570. The molecule has 3 heterocycles. The summed E-state index contributed by atoms with van der Waals surface area (Å²) < 4.78 is 0. The van der Waals surface area contributed by atoms with Gasteiger partial charge in [-0.25, -0.2) is 15.0 Å². The van der Waals surface area contributed by atoms with Gasteiger partial charge in [-0.3, -0.25) is 0 Å². The molecule has 1 unspecified atom stereocenters. The minimum Gasteiger partial charge on any atom is -0.393 e. The fraction of sp³-hybridized carbons (Fsp3) is 0.462. The van der Waals surface area contributed by atoms with E-state index >= 15 is 0 Å². The van der Waals surface area contributed by atoms with Gasteiger partial charge in [-0.2, -0.15) is 0 Å². The van der Waals surface area contributed by atoms with E-state index in [1.807, 2.05) is 5.38 Å². The second-order valence-corrected chi connectivity index (χ2v) is 5.85. The summed E-state index contributed by atoms with van der Waals surface area (Å²) in [4.78, 5) is 15.1. The van der Waals surface area contributed by atoms with Crippen LogP contribution in [0.3, 0.4) is 0 Å². The van der Waals surface area contributed by atoms with E-state index in [9.17, 15) is 0 Å². The maximum Gasteiger partial charge on any atom is 0.188 e. The third-order valence-electron chi connectivity index (χ3n) is 3.60. The molecule has 0 radical (unpaired) electrons. The van der Waals surface area contributed by atoms with E-state index in [0.29, 0.717) is 17.5 Å². The summed E-state index contributed by atoms with van der Waals surface area (Å²) in [6, 6.07) is 0.466. The zero-order valence-corrected chi connectivity index (χ0v) is 12.2. The maximum absolute atomic E-state index is 6.24. The van der Waals surface area contributed by atoms with E-state index in [0.717, 1.165) is 17.5 Å². The smallest absolute Gasteiger partial charge is 0.188 e. The van der Waals surface area contributed by atoms with Gasteiger partial charge in [0.05, 0.1) is 0 Å². The molecular formula is C13H18N6S. The minimum atomic E-state index is 0.466. The van der Waals surface area contributed by atoms with Gasteiger partial charge in [0, 0.05) is 24.2 Å². The highest BCUT2D eigenvalue weighted by molar-refractivity contribution is 7.13. The van der Waals surface area contributed by atoms with E-state index in [1.54, 1.807) is 12.5 Å². The molecular weight excluding hydrogens is 272 g/mol. The van der Waals surface area contributed by atoms with Crippen molar-refractivity contribution in [1.82, 2.24) is 15.0 Å². The number of nitrogens with one attached hydrogen (secondary N) is 1. The lowest BCUT2D eigenvalue weighted by Crippen LogP contribution is -2.38.